The molecule has 0 aliphatic rings. The Morgan fingerprint density at radius 2 is 1.57 bits per heavy atom. The molecule has 0 aliphatic carbocycles. The summed E-state index contributed by atoms with van der Waals surface area (Å²) < 4.78 is 5.34. The van der Waals surface area contributed by atoms with E-state index in [0.29, 0.717) is 5.75 Å². The molecule has 1 amide bonds. The summed E-state index contributed by atoms with van der Waals surface area (Å²) in [7, 11) is 0. The van der Waals surface area contributed by atoms with Gasteiger partial charge in [0.05, 0.1) is 11.1 Å². The maximum Gasteiger partial charge on any atom is 0.277 e. The van der Waals surface area contributed by atoms with Crippen molar-refractivity contribution in [2.75, 3.05) is 6.61 Å². The number of carbonyl (C=O) groups is 1. The van der Waals surface area contributed by atoms with Crippen molar-refractivity contribution < 1.29 is 14.5 Å². The van der Waals surface area contributed by atoms with E-state index in [0.717, 1.165) is 27.1 Å². The van der Waals surface area contributed by atoms with Crippen molar-refractivity contribution in [2.24, 2.45) is 5.10 Å². The molecule has 148 valence electrons. The smallest absolute Gasteiger partial charge is 0.277 e. The third-order valence-corrected chi connectivity index (χ3v) is 4.61. The van der Waals surface area contributed by atoms with Gasteiger partial charge in [-0.15, -0.1) is 0 Å². The molecule has 0 radical (unpaired) electrons. The minimum atomic E-state index is -0.498. The van der Waals surface area contributed by atoms with Gasteiger partial charge in [-0.1, -0.05) is 48.5 Å². The first-order valence-electron chi connectivity index (χ1n) is 9.21. The third-order valence-electron chi connectivity index (χ3n) is 4.61. The fourth-order valence-electron chi connectivity index (χ4n) is 3.20. The van der Waals surface area contributed by atoms with Gasteiger partial charge in [-0.2, -0.15) is 5.10 Å². The molecule has 1 N–H and O–H groups in total. The summed E-state index contributed by atoms with van der Waals surface area (Å²) in [6.07, 6.45) is 1.63. The number of nitro groups is 1. The number of nitrogens with one attached hydrogen (secondary N) is 1. The van der Waals surface area contributed by atoms with Gasteiger partial charge in [0.2, 0.25) is 0 Å². The van der Waals surface area contributed by atoms with Gasteiger partial charge in [0.1, 0.15) is 5.75 Å². The summed E-state index contributed by atoms with van der Waals surface area (Å²) in [5, 5.41) is 19.0. The van der Waals surface area contributed by atoms with Crippen molar-refractivity contribution in [1.82, 2.24) is 5.43 Å². The van der Waals surface area contributed by atoms with E-state index in [1.165, 1.54) is 24.3 Å². The number of nitro benzene ring substituents is 1. The highest BCUT2D eigenvalue weighted by atomic mass is 16.6. The van der Waals surface area contributed by atoms with E-state index in [-0.39, 0.29) is 12.3 Å². The number of amides is 1. The Balaban J connectivity index is 1.46. The van der Waals surface area contributed by atoms with Crippen LogP contribution in [0.1, 0.15) is 5.56 Å². The van der Waals surface area contributed by atoms with Gasteiger partial charge in [0.15, 0.2) is 6.61 Å². The summed E-state index contributed by atoms with van der Waals surface area (Å²) in [4.78, 5) is 22.2. The van der Waals surface area contributed by atoms with E-state index in [2.05, 4.69) is 16.6 Å². The van der Waals surface area contributed by atoms with Crippen molar-refractivity contribution in [2.45, 2.75) is 0 Å². The van der Waals surface area contributed by atoms with Gasteiger partial charge in [-0.3, -0.25) is 14.9 Å². The molecular weight excluding hydrogens is 382 g/mol. The molecule has 7 heteroatoms. The Hall–Kier alpha value is -4.26. The molecule has 4 rings (SSSR count). The number of hydrazone groups is 1. The van der Waals surface area contributed by atoms with Crippen LogP contribution in [-0.2, 0) is 4.79 Å². The van der Waals surface area contributed by atoms with Crippen LogP contribution in [0.5, 0.6) is 5.75 Å². The number of hydrogen-bond acceptors (Lipinski definition) is 5. The highest BCUT2D eigenvalue weighted by Gasteiger charge is 2.07. The van der Waals surface area contributed by atoms with Gasteiger partial charge in [0.25, 0.3) is 11.6 Å². The summed E-state index contributed by atoms with van der Waals surface area (Å²) in [6.45, 7) is -0.258. The Kier molecular flexibility index (Phi) is 5.34. The maximum absolute atomic E-state index is 12.1. The Bertz CT molecular complexity index is 1210. The Morgan fingerprint density at radius 1 is 0.967 bits per heavy atom. The third kappa shape index (κ3) is 4.10. The van der Waals surface area contributed by atoms with Crippen LogP contribution in [0.2, 0.25) is 0 Å². The van der Waals surface area contributed by atoms with Gasteiger partial charge in [-0.05, 0) is 39.7 Å². The molecule has 0 saturated carbocycles. The fourth-order valence-corrected chi connectivity index (χ4v) is 3.20. The van der Waals surface area contributed by atoms with Crippen molar-refractivity contribution in [3.8, 4) is 5.75 Å². The van der Waals surface area contributed by atoms with Crippen LogP contribution < -0.4 is 10.2 Å². The van der Waals surface area contributed by atoms with Crippen molar-refractivity contribution >= 4 is 39.4 Å². The number of benzene rings is 4. The zero-order chi connectivity index (χ0) is 20.9. The molecule has 7 nitrogen and oxygen atoms in total. The van der Waals surface area contributed by atoms with Crippen LogP contribution in [0.15, 0.2) is 84.0 Å². The minimum absolute atomic E-state index is 0.0429. The zero-order valence-corrected chi connectivity index (χ0v) is 15.8. The molecule has 0 fully saturated rings. The zero-order valence-electron chi connectivity index (χ0n) is 15.8. The van der Waals surface area contributed by atoms with Gasteiger partial charge < -0.3 is 4.74 Å². The second-order valence-electron chi connectivity index (χ2n) is 6.57. The van der Waals surface area contributed by atoms with E-state index in [9.17, 15) is 14.9 Å². The van der Waals surface area contributed by atoms with Gasteiger partial charge in [-0.25, -0.2) is 5.43 Å². The quantitative estimate of drug-likeness (QED) is 0.225. The Morgan fingerprint density at radius 3 is 2.17 bits per heavy atom. The molecule has 30 heavy (non-hydrogen) atoms. The van der Waals surface area contributed by atoms with Crippen LogP contribution in [0.25, 0.3) is 21.5 Å². The topological polar surface area (TPSA) is 93.8 Å². The first kappa shape index (κ1) is 19.1. The lowest BCUT2D eigenvalue weighted by atomic mass is 9.97. The number of non-ortho nitro benzene ring substituents is 1. The summed E-state index contributed by atoms with van der Waals surface area (Å²) >= 11 is 0. The van der Waals surface area contributed by atoms with Crippen LogP contribution in [0.3, 0.4) is 0 Å². The number of nitrogens with zero attached hydrogens (tertiary/aromatic N) is 2. The summed E-state index contributed by atoms with van der Waals surface area (Å²) in [6, 6.07) is 23.6. The molecule has 0 spiro atoms. The first-order valence-corrected chi connectivity index (χ1v) is 9.21. The molecule has 0 unspecified atom stereocenters. The predicted molar refractivity (Wildman–Crippen MR) is 116 cm³/mol. The highest BCUT2D eigenvalue weighted by molar-refractivity contribution is 6.13. The fraction of sp³-hybridized carbons (Fsp3) is 0.0435. The van der Waals surface area contributed by atoms with E-state index >= 15 is 0 Å². The van der Waals surface area contributed by atoms with E-state index in [1.54, 1.807) is 6.21 Å². The SMILES string of the molecule is O=C(COc1ccc([N+](=O)[O-])cc1)N/N=C\c1c2ccccc2cc2ccccc12. The predicted octanol–water partition coefficient (Wildman–Crippen LogP) is 4.43. The number of rotatable bonds is 6. The standard InChI is InChI=1S/C23H17N3O4/c27-23(15-30-19-11-9-18(10-12-19)26(28)29)25-24-14-22-20-7-3-1-5-16(20)13-17-6-2-4-8-21(17)22/h1-14H,15H2,(H,25,27)/b24-14-. The van der Waals surface area contributed by atoms with Crippen molar-refractivity contribution in [3.63, 3.8) is 0 Å². The van der Waals surface area contributed by atoms with E-state index in [4.69, 9.17) is 4.74 Å². The van der Waals surface area contributed by atoms with Crippen molar-refractivity contribution in [3.05, 3.63) is 94.5 Å². The minimum Gasteiger partial charge on any atom is -0.484 e. The average molecular weight is 399 g/mol. The monoisotopic (exact) mass is 399 g/mol. The molecule has 0 heterocycles. The largest absolute Gasteiger partial charge is 0.484 e. The van der Waals surface area contributed by atoms with Crippen LogP contribution >= 0.6 is 0 Å². The number of carbonyl (C=O) groups excluding carboxylic acids is 1. The van der Waals surface area contributed by atoms with Crippen LogP contribution in [0, 0.1) is 10.1 Å². The lowest BCUT2D eigenvalue weighted by Gasteiger charge is -2.08. The molecular formula is C23H17N3O4. The lowest BCUT2D eigenvalue weighted by Crippen LogP contribution is -2.24. The summed E-state index contributed by atoms with van der Waals surface area (Å²) in [5.41, 5.74) is 3.33. The van der Waals surface area contributed by atoms with E-state index < -0.39 is 10.8 Å². The second kappa shape index (κ2) is 8.40. The number of fused-ring (bicyclic) bond motifs is 2. The lowest BCUT2D eigenvalue weighted by molar-refractivity contribution is -0.384. The Labute approximate surface area is 171 Å². The van der Waals surface area contributed by atoms with Crippen molar-refractivity contribution in [1.29, 1.82) is 0 Å². The highest BCUT2D eigenvalue weighted by Crippen LogP contribution is 2.27. The van der Waals surface area contributed by atoms with Crippen LogP contribution in [-0.4, -0.2) is 23.7 Å². The average Bonchev–Trinajstić information content (AvgIpc) is 2.77. The molecule has 4 aromatic rings. The summed E-state index contributed by atoms with van der Waals surface area (Å²) in [5.74, 6) is -0.0751. The molecule has 4 aromatic carbocycles. The number of hydrogen-bond donors (Lipinski definition) is 1. The molecule has 0 atom stereocenters. The van der Waals surface area contributed by atoms with Gasteiger partial charge >= 0.3 is 0 Å². The van der Waals surface area contributed by atoms with Crippen LogP contribution in [0.4, 0.5) is 5.69 Å². The second-order valence-corrected chi connectivity index (χ2v) is 6.57. The molecule has 0 aliphatic heterocycles. The molecule has 0 aromatic heterocycles. The first-order chi connectivity index (χ1) is 14.6. The van der Waals surface area contributed by atoms with Gasteiger partial charge in [0, 0.05) is 17.7 Å². The van der Waals surface area contributed by atoms with E-state index in [1.807, 2.05) is 48.5 Å². The maximum atomic E-state index is 12.1. The molecule has 0 bridgehead atoms. The normalized spacial score (nSPS) is 11.1. The number of ether oxygens (including phenoxy) is 1. The molecule has 0 saturated heterocycles.